The Kier molecular flexibility index (Phi) is 7.25. The fourth-order valence-corrected chi connectivity index (χ4v) is 10.9. The van der Waals surface area contributed by atoms with Gasteiger partial charge in [-0.2, -0.15) is 0 Å². The van der Waals surface area contributed by atoms with E-state index in [1.54, 1.807) is 12.1 Å². The Morgan fingerprint density at radius 3 is 2.02 bits per heavy atom. The molecule has 1 aromatic heterocycles. The molecular weight excluding hydrogens is 642 g/mol. The van der Waals surface area contributed by atoms with Crippen LogP contribution in [-0.2, 0) is 15.3 Å². The standard InChI is InChI=1S/C40H36ClNO3S2/c1-21-13-23(3)36(24(4)14-21)27-9-12-33-31(17-27)40(7,8)32-19-29(46-39(32)42(33)37-25(5)15-22(2)16-26(37)6)20-35-38(43)30-11-10-28(41)18-34(30)47(35,44)45/h9-20H,1-8H3/b35-20+. The number of Topliss-reactive ketones (excluding diaryl/α,β-unsaturated/α-hetero) is 1. The van der Waals surface area contributed by atoms with Gasteiger partial charge in [0.1, 0.15) is 9.91 Å². The minimum atomic E-state index is -4.01. The van der Waals surface area contributed by atoms with Gasteiger partial charge in [0.2, 0.25) is 15.6 Å². The molecule has 0 spiro atoms. The molecule has 4 aromatic carbocycles. The second-order valence-electron chi connectivity index (χ2n) is 13.6. The lowest BCUT2D eigenvalue weighted by Crippen LogP contribution is -2.30. The molecule has 0 amide bonds. The van der Waals surface area contributed by atoms with E-state index in [9.17, 15) is 13.2 Å². The van der Waals surface area contributed by atoms with E-state index in [0.29, 0.717) is 4.88 Å². The maximum atomic E-state index is 13.6. The first-order valence-electron chi connectivity index (χ1n) is 15.7. The number of anilines is 3. The Balaban J connectivity index is 1.47. The average Bonchev–Trinajstić information content (AvgIpc) is 3.48. The molecule has 4 nitrogen and oxygen atoms in total. The molecule has 0 aliphatic carbocycles. The third-order valence-corrected chi connectivity index (χ3v) is 12.7. The second-order valence-corrected chi connectivity index (χ2v) is 16.9. The van der Waals surface area contributed by atoms with E-state index >= 15 is 0 Å². The summed E-state index contributed by atoms with van der Waals surface area (Å²) in [6.07, 6.45) is 1.55. The molecule has 5 aromatic rings. The summed E-state index contributed by atoms with van der Waals surface area (Å²) in [5.41, 5.74) is 13.9. The fraction of sp³-hybridized carbons (Fsp3) is 0.225. The molecule has 7 heteroatoms. The van der Waals surface area contributed by atoms with Gasteiger partial charge >= 0.3 is 0 Å². The van der Waals surface area contributed by atoms with Crippen LogP contribution in [0.25, 0.3) is 17.2 Å². The van der Waals surface area contributed by atoms with Crippen molar-refractivity contribution in [1.82, 2.24) is 0 Å². The van der Waals surface area contributed by atoms with Gasteiger partial charge in [0.15, 0.2) is 0 Å². The summed E-state index contributed by atoms with van der Waals surface area (Å²) in [5.74, 6) is -0.499. The molecule has 0 N–H and O–H groups in total. The Labute approximate surface area is 286 Å². The maximum Gasteiger partial charge on any atom is 0.211 e. The smallest absolute Gasteiger partial charge is 0.211 e. The molecule has 0 radical (unpaired) electrons. The van der Waals surface area contributed by atoms with E-state index in [0.717, 1.165) is 33.1 Å². The van der Waals surface area contributed by atoms with Crippen LogP contribution in [0.4, 0.5) is 16.4 Å². The van der Waals surface area contributed by atoms with E-state index < -0.39 is 21.0 Å². The molecule has 0 saturated carbocycles. The predicted octanol–water partition coefficient (Wildman–Crippen LogP) is 11.0. The lowest BCUT2D eigenvalue weighted by Gasteiger charge is -2.41. The number of aryl methyl sites for hydroxylation is 6. The highest BCUT2D eigenvalue weighted by Crippen LogP contribution is 2.57. The van der Waals surface area contributed by atoms with Crippen LogP contribution in [0.2, 0.25) is 5.02 Å². The van der Waals surface area contributed by atoms with Crippen molar-refractivity contribution in [3.8, 4) is 11.1 Å². The zero-order valence-electron chi connectivity index (χ0n) is 27.8. The highest BCUT2D eigenvalue weighted by Gasteiger charge is 2.42. The normalized spacial score (nSPS) is 16.7. The highest BCUT2D eigenvalue weighted by molar-refractivity contribution is 7.97. The third kappa shape index (κ3) is 4.83. The summed E-state index contributed by atoms with van der Waals surface area (Å²) >= 11 is 7.65. The Morgan fingerprint density at radius 1 is 0.766 bits per heavy atom. The van der Waals surface area contributed by atoms with Crippen molar-refractivity contribution in [2.45, 2.75) is 65.7 Å². The van der Waals surface area contributed by atoms with Gasteiger partial charge in [0, 0.05) is 20.9 Å². The molecule has 238 valence electrons. The largest absolute Gasteiger partial charge is 0.301 e. The number of benzene rings is 4. The summed E-state index contributed by atoms with van der Waals surface area (Å²) in [7, 11) is -4.01. The van der Waals surface area contributed by atoms with Crippen LogP contribution in [0.3, 0.4) is 0 Å². The van der Waals surface area contributed by atoms with Crippen LogP contribution in [0.15, 0.2) is 76.5 Å². The average molecular weight is 678 g/mol. The van der Waals surface area contributed by atoms with Crippen LogP contribution in [0.5, 0.6) is 0 Å². The second kappa shape index (κ2) is 10.8. The van der Waals surface area contributed by atoms with E-state index in [1.165, 1.54) is 62.4 Å². The van der Waals surface area contributed by atoms with Crippen LogP contribution >= 0.6 is 22.9 Å². The molecule has 0 atom stereocenters. The van der Waals surface area contributed by atoms with Gasteiger partial charge in [0.25, 0.3) is 0 Å². The highest BCUT2D eigenvalue weighted by atomic mass is 35.5. The molecule has 0 unspecified atom stereocenters. The van der Waals surface area contributed by atoms with Gasteiger partial charge in [-0.05, 0) is 129 Å². The third-order valence-electron chi connectivity index (χ3n) is 9.61. The van der Waals surface area contributed by atoms with Gasteiger partial charge in [-0.3, -0.25) is 4.79 Å². The van der Waals surface area contributed by atoms with Crippen molar-refractivity contribution >= 4 is 61.0 Å². The Bertz CT molecular complexity index is 2300. The zero-order chi connectivity index (χ0) is 33.7. The number of sulfone groups is 1. The molecule has 0 bridgehead atoms. The quantitative estimate of drug-likeness (QED) is 0.178. The van der Waals surface area contributed by atoms with Crippen molar-refractivity contribution in [1.29, 1.82) is 0 Å². The zero-order valence-corrected chi connectivity index (χ0v) is 30.2. The molecule has 7 rings (SSSR count). The van der Waals surface area contributed by atoms with E-state index in [2.05, 4.69) is 109 Å². The van der Waals surface area contributed by atoms with Gasteiger partial charge in [0.05, 0.1) is 16.3 Å². The van der Waals surface area contributed by atoms with Crippen molar-refractivity contribution < 1.29 is 13.2 Å². The number of fused-ring (bicyclic) bond motifs is 3. The fourth-order valence-electron chi connectivity index (χ4n) is 7.66. The van der Waals surface area contributed by atoms with E-state index in [1.807, 2.05) is 0 Å². The van der Waals surface area contributed by atoms with Gasteiger partial charge in [-0.25, -0.2) is 8.42 Å². The lowest BCUT2D eigenvalue weighted by atomic mass is 9.74. The van der Waals surface area contributed by atoms with Crippen molar-refractivity contribution in [3.63, 3.8) is 0 Å². The number of allylic oxidation sites excluding steroid dienone is 1. The number of rotatable bonds is 3. The topological polar surface area (TPSA) is 54.5 Å². The van der Waals surface area contributed by atoms with Crippen molar-refractivity contribution in [2.24, 2.45) is 0 Å². The molecule has 0 fully saturated rings. The molecule has 2 aliphatic heterocycles. The summed E-state index contributed by atoms with van der Waals surface area (Å²) in [6.45, 7) is 17.3. The molecule has 47 heavy (non-hydrogen) atoms. The summed E-state index contributed by atoms with van der Waals surface area (Å²) in [4.78, 5) is 16.2. The van der Waals surface area contributed by atoms with Crippen LogP contribution in [-0.4, -0.2) is 14.2 Å². The van der Waals surface area contributed by atoms with Crippen molar-refractivity contribution in [3.05, 3.63) is 132 Å². The molecule has 2 aliphatic rings. The first-order chi connectivity index (χ1) is 22.1. The molecule has 3 heterocycles. The minimum absolute atomic E-state index is 0.0305. The van der Waals surface area contributed by atoms with Crippen molar-refractivity contribution in [2.75, 3.05) is 4.90 Å². The summed E-state index contributed by atoms with van der Waals surface area (Å²) < 4.78 is 27.2. The van der Waals surface area contributed by atoms with Gasteiger partial charge in [-0.15, -0.1) is 11.3 Å². The van der Waals surface area contributed by atoms with E-state index in [-0.39, 0.29) is 20.4 Å². The predicted molar refractivity (Wildman–Crippen MR) is 196 cm³/mol. The van der Waals surface area contributed by atoms with Gasteiger partial charge in [-0.1, -0.05) is 66.9 Å². The maximum absolute atomic E-state index is 13.6. The first-order valence-corrected chi connectivity index (χ1v) is 18.3. The number of nitrogens with zero attached hydrogens (tertiary/aromatic N) is 1. The van der Waals surface area contributed by atoms with Crippen LogP contribution in [0.1, 0.15) is 73.6 Å². The monoisotopic (exact) mass is 677 g/mol. The summed E-state index contributed by atoms with van der Waals surface area (Å²) in [5, 5.41) is 1.30. The Morgan fingerprint density at radius 2 is 1.38 bits per heavy atom. The number of carbonyl (C=O) groups excluding carboxylic acids is 1. The molecule has 0 saturated heterocycles. The van der Waals surface area contributed by atoms with E-state index in [4.69, 9.17) is 11.6 Å². The number of hydrogen-bond donors (Lipinski definition) is 0. The minimum Gasteiger partial charge on any atom is -0.301 e. The van der Waals surface area contributed by atoms with Crippen LogP contribution < -0.4 is 4.90 Å². The first kappa shape index (κ1) is 31.6. The summed E-state index contributed by atoms with van der Waals surface area (Å²) in [6, 6.07) is 22.1. The number of thiophene rings is 1. The lowest BCUT2D eigenvalue weighted by molar-refractivity contribution is 0.104. The number of halogens is 1. The van der Waals surface area contributed by atoms with Crippen LogP contribution in [0, 0.1) is 41.5 Å². The number of carbonyl (C=O) groups is 1. The molecular formula is C40H36ClNO3S2. The Hall–Kier alpha value is -3.97. The number of ketones is 1. The SMILES string of the molecule is Cc1cc(C)c(-c2ccc3c(c2)C(C)(C)c2cc(/C=C4\C(=O)c5ccc(Cl)cc5S4(=O)=O)sc2N3c2c(C)cc(C)cc2C)c(C)c1. The number of hydrogen-bond acceptors (Lipinski definition) is 5. The van der Waals surface area contributed by atoms with Gasteiger partial charge < -0.3 is 4.90 Å².